The molecule has 0 aliphatic carbocycles. The van der Waals surface area contributed by atoms with Crippen molar-refractivity contribution in [3.8, 4) is 0 Å². The number of rotatable bonds is 16. The second-order valence-corrected chi connectivity index (χ2v) is 19.9. The highest BCUT2D eigenvalue weighted by molar-refractivity contribution is 6.74. The highest BCUT2D eigenvalue weighted by atomic mass is 28.4. The third-order valence-electron chi connectivity index (χ3n) is 9.78. The zero-order valence-electron chi connectivity index (χ0n) is 31.1. The van der Waals surface area contributed by atoms with Crippen LogP contribution in [0.5, 0.6) is 0 Å². The Morgan fingerprint density at radius 1 is 1.06 bits per heavy atom. The van der Waals surface area contributed by atoms with Crippen molar-refractivity contribution in [1.29, 1.82) is 0 Å². The van der Waals surface area contributed by atoms with Crippen LogP contribution in [-0.2, 0) is 28.3 Å². The number of nitrogens with one attached hydrogen (secondary N) is 2. The summed E-state index contributed by atoms with van der Waals surface area (Å²) in [6.07, 6.45) is 4.78. The number of nitrogens with zero attached hydrogens (tertiary/aromatic N) is 1. The van der Waals surface area contributed by atoms with Crippen LogP contribution in [0.4, 0.5) is 0 Å². The molecule has 0 saturated carbocycles. The van der Waals surface area contributed by atoms with E-state index in [9.17, 15) is 19.2 Å². The fourth-order valence-corrected chi connectivity index (χ4v) is 6.95. The highest BCUT2D eigenvalue weighted by Crippen LogP contribution is 2.39. The van der Waals surface area contributed by atoms with Gasteiger partial charge < -0.3 is 24.7 Å². The monoisotopic (exact) mass is 683 g/mol. The van der Waals surface area contributed by atoms with Gasteiger partial charge in [-0.2, -0.15) is 0 Å². The van der Waals surface area contributed by atoms with Gasteiger partial charge in [-0.15, -0.1) is 6.58 Å². The van der Waals surface area contributed by atoms with Crippen LogP contribution >= 0.6 is 0 Å². The Balaban J connectivity index is 2.04. The molecule has 0 unspecified atom stereocenters. The number of ether oxygens (including phenoxy) is 1. The molecule has 1 aliphatic rings. The average molecular weight is 684 g/mol. The van der Waals surface area contributed by atoms with Gasteiger partial charge in [0, 0.05) is 13.1 Å². The summed E-state index contributed by atoms with van der Waals surface area (Å²) in [4.78, 5) is 55.2. The molecule has 9 nitrogen and oxygen atoms in total. The van der Waals surface area contributed by atoms with E-state index in [-0.39, 0.29) is 47.4 Å². The second-order valence-electron chi connectivity index (χ2n) is 15.1. The lowest BCUT2D eigenvalue weighted by Crippen LogP contribution is -2.54. The van der Waals surface area contributed by atoms with Crippen molar-refractivity contribution >= 4 is 38.1 Å². The van der Waals surface area contributed by atoms with E-state index < -0.39 is 38.3 Å². The van der Waals surface area contributed by atoms with E-state index in [1.807, 2.05) is 37.3 Å². The van der Waals surface area contributed by atoms with Crippen LogP contribution in [0.25, 0.3) is 6.08 Å². The standard InChI is InChI=1S/C38H61N3O6Si/c1-13-15-21-32(47-48(11,12)38(8,9)10)26(5)37(45)46-33(25(3)4)35(43)40-28(7)36(44)41-22-17-20-31(24-41)34(42)39-27(6)30-19-16-18-29(14-2)23-30/h13-14,16,18-19,23,25-28,31-33H,1-2,15,17,20-22,24H2,3-12H3,(H,39,42)(H,40,43)/t26-,27-,28+,31-,32-,33+/m1/s1. The van der Waals surface area contributed by atoms with Crippen molar-refractivity contribution < 1.29 is 28.3 Å². The minimum Gasteiger partial charge on any atom is -0.452 e. The van der Waals surface area contributed by atoms with Crippen LogP contribution in [0.3, 0.4) is 0 Å². The summed E-state index contributed by atoms with van der Waals surface area (Å²) in [6, 6.07) is 6.78. The number of likely N-dealkylation sites (tertiary alicyclic amines) is 1. The predicted molar refractivity (Wildman–Crippen MR) is 195 cm³/mol. The SMILES string of the molecule is C=CCC[C@@H](O[Si](C)(C)C(C)(C)C)[C@@H](C)C(=O)O[C@H](C(=O)N[C@@H](C)C(=O)N1CCC[C@@H](C(=O)N[C@H](C)c2cccc(C=C)c2)C1)C(C)C. The Labute approximate surface area is 290 Å². The number of amides is 3. The smallest absolute Gasteiger partial charge is 0.312 e. The van der Waals surface area contributed by atoms with Gasteiger partial charge in [0.25, 0.3) is 5.91 Å². The van der Waals surface area contributed by atoms with Crippen LogP contribution in [0, 0.1) is 17.8 Å². The molecule has 0 radical (unpaired) electrons. The van der Waals surface area contributed by atoms with Crippen LogP contribution in [0.2, 0.25) is 18.1 Å². The number of hydrogen-bond acceptors (Lipinski definition) is 6. The van der Waals surface area contributed by atoms with E-state index >= 15 is 0 Å². The molecule has 3 amide bonds. The maximum absolute atomic E-state index is 13.5. The zero-order chi connectivity index (χ0) is 36.4. The lowest BCUT2D eigenvalue weighted by Gasteiger charge is -2.40. The summed E-state index contributed by atoms with van der Waals surface area (Å²) in [6.45, 7) is 28.1. The van der Waals surface area contributed by atoms with Gasteiger partial charge in [-0.1, -0.05) is 71.5 Å². The van der Waals surface area contributed by atoms with Gasteiger partial charge in [-0.05, 0) is 87.7 Å². The molecule has 1 aliphatic heterocycles. The van der Waals surface area contributed by atoms with Crippen molar-refractivity contribution in [3.05, 3.63) is 54.6 Å². The lowest BCUT2D eigenvalue weighted by atomic mass is 9.95. The Kier molecular flexibility index (Phi) is 15.3. The fraction of sp³-hybridized carbons (Fsp3) is 0.632. The van der Waals surface area contributed by atoms with Gasteiger partial charge >= 0.3 is 5.97 Å². The maximum atomic E-state index is 13.5. The highest BCUT2D eigenvalue weighted by Gasteiger charge is 2.42. The molecule has 6 atom stereocenters. The van der Waals surface area contributed by atoms with Crippen molar-refractivity contribution in [3.63, 3.8) is 0 Å². The number of allylic oxidation sites excluding steroid dienone is 1. The summed E-state index contributed by atoms with van der Waals surface area (Å²) in [5.41, 5.74) is 1.96. The fourth-order valence-electron chi connectivity index (χ4n) is 5.52. The van der Waals surface area contributed by atoms with Crippen LogP contribution in [0.1, 0.15) is 98.2 Å². The molecule has 10 heteroatoms. The molecule has 2 rings (SSSR count). The van der Waals surface area contributed by atoms with Gasteiger partial charge in [-0.3, -0.25) is 19.2 Å². The third kappa shape index (κ3) is 11.4. The van der Waals surface area contributed by atoms with E-state index in [1.165, 1.54) is 0 Å². The van der Waals surface area contributed by atoms with Crippen molar-refractivity contribution in [2.45, 2.75) is 123 Å². The van der Waals surface area contributed by atoms with E-state index in [0.29, 0.717) is 32.2 Å². The zero-order valence-corrected chi connectivity index (χ0v) is 32.1. The summed E-state index contributed by atoms with van der Waals surface area (Å²) < 4.78 is 12.5. The second kappa shape index (κ2) is 18.0. The van der Waals surface area contributed by atoms with Gasteiger partial charge in [0.1, 0.15) is 6.04 Å². The number of esters is 1. The van der Waals surface area contributed by atoms with Gasteiger partial charge in [0.15, 0.2) is 14.4 Å². The molecule has 268 valence electrons. The first-order valence-electron chi connectivity index (χ1n) is 17.4. The maximum Gasteiger partial charge on any atom is 0.312 e. The van der Waals surface area contributed by atoms with Crippen LogP contribution < -0.4 is 10.6 Å². The molecule has 1 heterocycles. The van der Waals surface area contributed by atoms with Crippen molar-refractivity contribution in [2.24, 2.45) is 17.8 Å². The molecule has 1 fully saturated rings. The van der Waals surface area contributed by atoms with Crippen LogP contribution in [-0.4, -0.2) is 68.2 Å². The number of carbonyl (C=O) groups is 4. The van der Waals surface area contributed by atoms with Crippen molar-refractivity contribution in [2.75, 3.05) is 13.1 Å². The largest absolute Gasteiger partial charge is 0.452 e. The number of hydrogen-bond donors (Lipinski definition) is 2. The number of carbonyl (C=O) groups excluding carboxylic acids is 4. The third-order valence-corrected chi connectivity index (χ3v) is 14.3. The molecular weight excluding hydrogens is 623 g/mol. The van der Waals surface area contributed by atoms with E-state index in [0.717, 1.165) is 11.1 Å². The Morgan fingerprint density at radius 2 is 1.73 bits per heavy atom. The van der Waals surface area contributed by atoms with Crippen LogP contribution in [0.15, 0.2) is 43.5 Å². The van der Waals surface area contributed by atoms with E-state index in [2.05, 4.69) is 57.7 Å². The molecule has 1 aromatic rings. The molecule has 0 aromatic heterocycles. The minimum atomic E-state index is -2.19. The van der Waals surface area contributed by atoms with Gasteiger partial charge in [-0.25, -0.2) is 0 Å². The molecule has 48 heavy (non-hydrogen) atoms. The Morgan fingerprint density at radius 3 is 2.31 bits per heavy atom. The van der Waals surface area contributed by atoms with E-state index in [1.54, 1.807) is 38.7 Å². The van der Waals surface area contributed by atoms with E-state index in [4.69, 9.17) is 9.16 Å². The van der Waals surface area contributed by atoms with Crippen molar-refractivity contribution in [1.82, 2.24) is 15.5 Å². The first-order valence-corrected chi connectivity index (χ1v) is 20.3. The predicted octanol–water partition coefficient (Wildman–Crippen LogP) is 6.81. The number of piperidine rings is 1. The summed E-state index contributed by atoms with van der Waals surface area (Å²) in [5, 5.41) is 5.83. The molecule has 2 N–H and O–H groups in total. The Hall–Kier alpha value is -3.24. The molecule has 1 saturated heterocycles. The summed E-state index contributed by atoms with van der Waals surface area (Å²) >= 11 is 0. The molecule has 1 aromatic carbocycles. The van der Waals surface area contributed by atoms with Gasteiger partial charge in [0.05, 0.1) is 24.0 Å². The number of benzene rings is 1. The molecule has 0 bridgehead atoms. The summed E-state index contributed by atoms with van der Waals surface area (Å²) in [5.74, 6) is -2.70. The lowest BCUT2D eigenvalue weighted by molar-refractivity contribution is -0.165. The molecular formula is C38H61N3O6Si. The average Bonchev–Trinajstić information content (AvgIpc) is 3.03. The topological polar surface area (TPSA) is 114 Å². The normalized spacial score (nSPS) is 18.6. The minimum absolute atomic E-state index is 0.0410. The first kappa shape index (κ1) is 40.9. The Bertz CT molecular complexity index is 1290. The summed E-state index contributed by atoms with van der Waals surface area (Å²) in [7, 11) is -2.19. The molecule has 0 spiro atoms. The quantitative estimate of drug-likeness (QED) is 0.112. The van der Waals surface area contributed by atoms with Gasteiger partial charge in [0.2, 0.25) is 11.8 Å². The first-order chi connectivity index (χ1) is 22.3.